The maximum absolute atomic E-state index is 12.3. The lowest BCUT2D eigenvalue weighted by atomic mass is 10.1. The lowest BCUT2D eigenvalue weighted by Crippen LogP contribution is -2.42. The molecule has 1 amide bonds. The van der Waals surface area contributed by atoms with E-state index < -0.39 is 0 Å². The van der Waals surface area contributed by atoms with E-state index in [4.69, 9.17) is 10.2 Å². The number of aromatic nitrogens is 1. The molecule has 1 aliphatic rings. The number of benzene rings is 1. The number of piperidine rings is 1. The fraction of sp³-hybridized carbons (Fsp3) is 0.444. The summed E-state index contributed by atoms with van der Waals surface area (Å²) in [6.45, 7) is 3.46. The van der Waals surface area contributed by atoms with Crippen LogP contribution in [0.25, 0.3) is 11.3 Å². The number of rotatable bonds is 4. The maximum atomic E-state index is 12.3. The number of carbonyl (C=O) groups is 1. The summed E-state index contributed by atoms with van der Waals surface area (Å²) in [5.74, 6) is 1.58. The van der Waals surface area contributed by atoms with Crippen LogP contribution >= 0.6 is 0 Å². The van der Waals surface area contributed by atoms with Crippen LogP contribution in [0, 0.1) is 6.92 Å². The summed E-state index contributed by atoms with van der Waals surface area (Å²) >= 11 is 0. The third-order valence-electron chi connectivity index (χ3n) is 4.32. The van der Waals surface area contributed by atoms with E-state index in [-0.39, 0.29) is 11.9 Å². The molecule has 0 spiro atoms. The van der Waals surface area contributed by atoms with E-state index in [9.17, 15) is 4.79 Å². The van der Waals surface area contributed by atoms with Crippen LogP contribution in [0.3, 0.4) is 0 Å². The second-order valence-electron chi connectivity index (χ2n) is 6.11. The van der Waals surface area contributed by atoms with Crippen molar-refractivity contribution in [1.82, 2.24) is 9.88 Å². The van der Waals surface area contributed by atoms with Crippen molar-refractivity contribution in [2.45, 2.75) is 38.6 Å². The monoisotopic (exact) mass is 313 g/mol. The summed E-state index contributed by atoms with van der Waals surface area (Å²) in [7, 11) is 0. The standard InChI is InChI=1S/C18H23N3O2/c1-13-18(14-5-3-2-4-6-14)23-16(20-13)7-8-17(22)21-11-9-15(19)10-12-21/h2-6,15H,7-12,19H2,1H3. The van der Waals surface area contributed by atoms with Crippen LogP contribution in [-0.2, 0) is 11.2 Å². The number of oxazole rings is 1. The van der Waals surface area contributed by atoms with Crippen LogP contribution in [0.15, 0.2) is 34.7 Å². The molecule has 1 aromatic heterocycles. The average molecular weight is 313 g/mol. The SMILES string of the molecule is Cc1nc(CCC(=O)N2CCC(N)CC2)oc1-c1ccccc1. The Bertz CT molecular complexity index is 658. The van der Waals surface area contributed by atoms with Gasteiger partial charge in [0.15, 0.2) is 11.7 Å². The van der Waals surface area contributed by atoms with Gasteiger partial charge in [-0.15, -0.1) is 0 Å². The Labute approximate surface area is 136 Å². The van der Waals surface area contributed by atoms with E-state index in [1.54, 1.807) is 0 Å². The minimum absolute atomic E-state index is 0.161. The van der Waals surface area contributed by atoms with Gasteiger partial charge in [0.05, 0.1) is 5.69 Å². The van der Waals surface area contributed by atoms with Gasteiger partial charge in [0.2, 0.25) is 5.91 Å². The van der Waals surface area contributed by atoms with Crippen LogP contribution in [0.5, 0.6) is 0 Å². The molecule has 122 valence electrons. The fourth-order valence-corrected chi connectivity index (χ4v) is 2.94. The van der Waals surface area contributed by atoms with Gasteiger partial charge in [-0.25, -0.2) is 4.98 Å². The van der Waals surface area contributed by atoms with Gasteiger partial charge in [-0.05, 0) is 19.8 Å². The third-order valence-corrected chi connectivity index (χ3v) is 4.32. The first-order valence-electron chi connectivity index (χ1n) is 8.18. The summed E-state index contributed by atoms with van der Waals surface area (Å²) in [4.78, 5) is 18.6. The second-order valence-corrected chi connectivity index (χ2v) is 6.11. The molecule has 0 radical (unpaired) electrons. The summed E-state index contributed by atoms with van der Waals surface area (Å²) in [5.41, 5.74) is 7.75. The van der Waals surface area contributed by atoms with Gasteiger partial charge in [-0.1, -0.05) is 30.3 Å². The van der Waals surface area contributed by atoms with Crippen molar-refractivity contribution in [3.63, 3.8) is 0 Å². The molecule has 2 aromatic rings. The topological polar surface area (TPSA) is 72.4 Å². The minimum Gasteiger partial charge on any atom is -0.440 e. The molecule has 23 heavy (non-hydrogen) atoms. The molecule has 5 heteroatoms. The molecule has 1 saturated heterocycles. The minimum atomic E-state index is 0.161. The largest absolute Gasteiger partial charge is 0.440 e. The lowest BCUT2D eigenvalue weighted by molar-refractivity contribution is -0.132. The Hall–Kier alpha value is -2.14. The highest BCUT2D eigenvalue weighted by Crippen LogP contribution is 2.24. The van der Waals surface area contributed by atoms with Crippen LogP contribution in [0.1, 0.15) is 30.8 Å². The van der Waals surface area contributed by atoms with E-state index >= 15 is 0 Å². The van der Waals surface area contributed by atoms with E-state index in [0.29, 0.717) is 18.7 Å². The molecule has 2 N–H and O–H groups in total. The highest BCUT2D eigenvalue weighted by molar-refractivity contribution is 5.76. The number of aryl methyl sites for hydroxylation is 2. The van der Waals surface area contributed by atoms with Gasteiger partial charge in [-0.2, -0.15) is 0 Å². The highest BCUT2D eigenvalue weighted by Gasteiger charge is 2.21. The molecular weight excluding hydrogens is 290 g/mol. The van der Waals surface area contributed by atoms with E-state index in [1.165, 1.54) is 0 Å². The van der Waals surface area contributed by atoms with Crippen molar-refractivity contribution >= 4 is 5.91 Å². The first kappa shape index (κ1) is 15.7. The van der Waals surface area contributed by atoms with Crippen molar-refractivity contribution in [1.29, 1.82) is 0 Å². The van der Waals surface area contributed by atoms with Gasteiger partial charge in [0.1, 0.15) is 0 Å². The molecular formula is C18H23N3O2. The Kier molecular flexibility index (Phi) is 4.76. The Morgan fingerprint density at radius 2 is 2.00 bits per heavy atom. The highest BCUT2D eigenvalue weighted by atomic mass is 16.4. The number of amides is 1. The summed E-state index contributed by atoms with van der Waals surface area (Å²) < 4.78 is 5.85. The second kappa shape index (κ2) is 6.96. The normalized spacial score (nSPS) is 15.8. The number of likely N-dealkylation sites (tertiary alicyclic amines) is 1. The average Bonchev–Trinajstić information content (AvgIpc) is 2.95. The molecule has 1 fully saturated rings. The quantitative estimate of drug-likeness (QED) is 0.941. The van der Waals surface area contributed by atoms with Crippen molar-refractivity contribution in [3.8, 4) is 11.3 Å². The number of nitrogens with two attached hydrogens (primary N) is 1. The predicted octanol–water partition coefficient (Wildman–Crippen LogP) is 2.53. The van der Waals surface area contributed by atoms with Gasteiger partial charge in [0, 0.05) is 37.5 Å². The summed E-state index contributed by atoms with van der Waals surface area (Å²) in [6.07, 6.45) is 2.75. The smallest absolute Gasteiger partial charge is 0.223 e. The zero-order valence-corrected chi connectivity index (χ0v) is 13.5. The van der Waals surface area contributed by atoms with Crippen molar-refractivity contribution in [2.75, 3.05) is 13.1 Å². The van der Waals surface area contributed by atoms with Crippen molar-refractivity contribution in [2.24, 2.45) is 5.73 Å². The molecule has 2 heterocycles. The van der Waals surface area contributed by atoms with E-state index in [2.05, 4.69) is 4.98 Å². The first-order chi connectivity index (χ1) is 11.1. The zero-order chi connectivity index (χ0) is 16.2. The molecule has 0 atom stereocenters. The van der Waals surface area contributed by atoms with Gasteiger partial charge >= 0.3 is 0 Å². The van der Waals surface area contributed by atoms with Gasteiger partial charge in [0.25, 0.3) is 0 Å². The molecule has 0 unspecified atom stereocenters. The first-order valence-corrected chi connectivity index (χ1v) is 8.18. The molecule has 1 aromatic carbocycles. The molecule has 0 bridgehead atoms. The van der Waals surface area contributed by atoms with E-state index in [0.717, 1.165) is 42.9 Å². The van der Waals surface area contributed by atoms with Crippen LogP contribution in [-0.4, -0.2) is 34.9 Å². The van der Waals surface area contributed by atoms with Gasteiger partial charge < -0.3 is 15.1 Å². The molecule has 3 rings (SSSR count). The van der Waals surface area contributed by atoms with Crippen LogP contribution in [0.4, 0.5) is 0 Å². The zero-order valence-electron chi connectivity index (χ0n) is 13.5. The van der Waals surface area contributed by atoms with Gasteiger partial charge in [-0.3, -0.25) is 4.79 Å². The number of carbonyl (C=O) groups excluding carboxylic acids is 1. The fourth-order valence-electron chi connectivity index (χ4n) is 2.94. The Morgan fingerprint density at radius 3 is 2.70 bits per heavy atom. The molecule has 1 aliphatic heterocycles. The lowest BCUT2D eigenvalue weighted by Gasteiger charge is -2.30. The van der Waals surface area contributed by atoms with Crippen molar-refractivity contribution in [3.05, 3.63) is 41.9 Å². The number of nitrogens with zero attached hydrogens (tertiary/aromatic N) is 2. The van der Waals surface area contributed by atoms with Crippen LogP contribution < -0.4 is 5.73 Å². The summed E-state index contributed by atoms with van der Waals surface area (Å²) in [6, 6.07) is 10.2. The predicted molar refractivity (Wildman–Crippen MR) is 88.8 cm³/mol. The number of hydrogen-bond acceptors (Lipinski definition) is 4. The molecule has 0 aliphatic carbocycles. The molecule has 0 saturated carbocycles. The maximum Gasteiger partial charge on any atom is 0.223 e. The Morgan fingerprint density at radius 1 is 1.30 bits per heavy atom. The number of hydrogen-bond donors (Lipinski definition) is 1. The third kappa shape index (κ3) is 3.79. The molecule has 5 nitrogen and oxygen atoms in total. The Balaban J connectivity index is 1.60. The summed E-state index contributed by atoms with van der Waals surface area (Å²) in [5, 5.41) is 0. The van der Waals surface area contributed by atoms with Crippen LogP contribution in [0.2, 0.25) is 0 Å². The van der Waals surface area contributed by atoms with Crippen molar-refractivity contribution < 1.29 is 9.21 Å². The van der Waals surface area contributed by atoms with E-state index in [1.807, 2.05) is 42.2 Å².